The molecule has 0 aromatic heterocycles. The number of carbonyl (C=O) groups is 1. The van der Waals surface area contributed by atoms with Crippen molar-refractivity contribution < 1.29 is 18.7 Å². The van der Waals surface area contributed by atoms with E-state index in [0.717, 1.165) is 19.0 Å². The molecule has 86 valence electrons. The van der Waals surface area contributed by atoms with Crippen LogP contribution in [0.1, 0.15) is 28.3 Å². The van der Waals surface area contributed by atoms with Gasteiger partial charge in [0.15, 0.2) is 11.6 Å². The molecule has 5 heteroatoms. The van der Waals surface area contributed by atoms with Gasteiger partial charge in [-0.3, -0.25) is 0 Å². The minimum atomic E-state index is -1.44. The van der Waals surface area contributed by atoms with Gasteiger partial charge in [-0.2, -0.15) is 0 Å². The van der Waals surface area contributed by atoms with Gasteiger partial charge in [0.2, 0.25) is 0 Å². The van der Waals surface area contributed by atoms with Crippen molar-refractivity contribution in [1.82, 2.24) is 5.32 Å². The van der Waals surface area contributed by atoms with Crippen molar-refractivity contribution in [3.8, 4) is 0 Å². The Hall–Kier alpha value is -1.49. The highest BCUT2D eigenvalue weighted by molar-refractivity contribution is 5.88. The maximum atomic E-state index is 13.2. The zero-order valence-corrected chi connectivity index (χ0v) is 8.46. The average molecular weight is 227 g/mol. The van der Waals surface area contributed by atoms with Gasteiger partial charge in [0, 0.05) is 6.54 Å². The summed E-state index contributed by atoms with van der Waals surface area (Å²) in [5, 5.41) is 11.8. The molecule has 0 saturated carbocycles. The maximum Gasteiger partial charge on any atom is 0.338 e. The minimum absolute atomic E-state index is 0.0631. The van der Waals surface area contributed by atoms with Crippen LogP contribution in [0.25, 0.3) is 0 Å². The predicted molar refractivity (Wildman–Crippen MR) is 53.5 cm³/mol. The maximum absolute atomic E-state index is 13.2. The highest BCUT2D eigenvalue weighted by Gasteiger charge is 2.22. The molecule has 1 unspecified atom stereocenters. The van der Waals surface area contributed by atoms with Crippen LogP contribution in [0.4, 0.5) is 8.78 Å². The quantitative estimate of drug-likeness (QED) is 0.809. The van der Waals surface area contributed by atoms with E-state index in [2.05, 4.69) is 5.32 Å². The third-order valence-electron chi connectivity index (χ3n) is 2.81. The fourth-order valence-electron chi connectivity index (χ4n) is 1.94. The number of hydrogen-bond donors (Lipinski definition) is 2. The van der Waals surface area contributed by atoms with Crippen molar-refractivity contribution in [2.45, 2.75) is 12.3 Å². The van der Waals surface area contributed by atoms with Crippen LogP contribution in [0.2, 0.25) is 0 Å². The zero-order valence-electron chi connectivity index (χ0n) is 8.46. The second-order valence-corrected chi connectivity index (χ2v) is 3.86. The minimum Gasteiger partial charge on any atom is -0.478 e. The van der Waals surface area contributed by atoms with Crippen molar-refractivity contribution >= 4 is 5.97 Å². The third kappa shape index (κ3) is 1.90. The van der Waals surface area contributed by atoms with Gasteiger partial charge >= 0.3 is 5.97 Å². The Kier molecular flexibility index (Phi) is 2.87. The molecule has 1 aliphatic heterocycles. The van der Waals surface area contributed by atoms with Crippen molar-refractivity contribution in [3.63, 3.8) is 0 Å². The SMILES string of the molecule is O=C(O)c1cc(C2CCNC2)cc(F)c1F. The summed E-state index contributed by atoms with van der Waals surface area (Å²) in [6.07, 6.45) is 0.810. The van der Waals surface area contributed by atoms with Gasteiger partial charge in [-0.05, 0) is 36.6 Å². The lowest BCUT2D eigenvalue weighted by Gasteiger charge is -2.10. The Morgan fingerprint density at radius 1 is 1.44 bits per heavy atom. The number of rotatable bonds is 2. The molecule has 1 heterocycles. The fraction of sp³-hybridized carbons (Fsp3) is 0.364. The highest BCUT2D eigenvalue weighted by Crippen LogP contribution is 2.25. The predicted octanol–water partition coefficient (Wildman–Crippen LogP) is 1.74. The number of carboxylic acid groups (broad SMARTS) is 1. The first kappa shape index (κ1) is 11.0. The van der Waals surface area contributed by atoms with Crippen LogP contribution in [0, 0.1) is 11.6 Å². The average Bonchev–Trinajstić information content (AvgIpc) is 2.74. The molecule has 2 rings (SSSR count). The number of aromatic carboxylic acids is 1. The van der Waals surface area contributed by atoms with Gasteiger partial charge < -0.3 is 10.4 Å². The molecule has 0 spiro atoms. The van der Waals surface area contributed by atoms with Gasteiger partial charge in [0.25, 0.3) is 0 Å². The van der Waals surface area contributed by atoms with E-state index in [1.807, 2.05) is 0 Å². The van der Waals surface area contributed by atoms with E-state index in [0.29, 0.717) is 12.1 Å². The third-order valence-corrected chi connectivity index (χ3v) is 2.81. The number of halogens is 2. The molecule has 2 N–H and O–H groups in total. The summed E-state index contributed by atoms with van der Waals surface area (Å²) in [5.74, 6) is -3.76. The Morgan fingerprint density at radius 2 is 2.19 bits per heavy atom. The van der Waals surface area contributed by atoms with Crippen LogP contribution < -0.4 is 5.32 Å². The van der Waals surface area contributed by atoms with E-state index in [1.165, 1.54) is 6.07 Å². The van der Waals surface area contributed by atoms with Crippen LogP contribution in [0.5, 0.6) is 0 Å². The number of carboxylic acids is 1. The molecular formula is C11H11F2NO2. The Balaban J connectivity index is 2.43. The lowest BCUT2D eigenvalue weighted by Crippen LogP contribution is -2.10. The molecule has 1 aromatic rings. The fourth-order valence-corrected chi connectivity index (χ4v) is 1.94. The molecule has 3 nitrogen and oxygen atoms in total. The highest BCUT2D eigenvalue weighted by atomic mass is 19.2. The van der Waals surface area contributed by atoms with Gasteiger partial charge in [-0.15, -0.1) is 0 Å². The van der Waals surface area contributed by atoms with E-state index in [-0.39, 0.29) is 5.92 Å². The lowest BCUT2D eigenvalue weighted by molar-refractivity contribution is 0.0690. The largest absolute Gasteiger partial charge is 0.478 e. The van der Waals surface area contributed by atoms with E-state index < -0.39 is 23.2 Å². The molecule has 0 amide bonds. The van der Waals surface area contributed by atoms with Gasteiger partial charge in [0.1, 0.15) is 0 Å². The molecule has 1 aromatic carbocycles. The second kappa shape index (κ2) is 4.17. The summed E-state index contributed by atoms with van der Waals surface area (Å²) < 4.78 is 26.3. The summed E-state index contributed by atoms with van der Waals surface area (Å²) in [4.78, 5) is 10.7. The molecule has 0 radical (unpaired) electrons. The molecular weight excluding hydrogens is 216 g/mol. The Labute approximate surface area is 91.1 Å². The van der Waals surface area contributed by atoms with Crippen LogP contribution in [-0.2, 0) is 0 Å². The topological polar surface area (TPSA) is 49.3 Å². The molecule has 1 atom stereocenters. The van der Waals surface area contributed by atoms with E-state index in [1.54, 1.807) is 0 Å². The van der Waals surface area contributed by atoms with Crippen LogP contribution in [-0.4, -0.2) is 24.2 Å². The van der Waals surface area contributed by atoms with Crippen molar-refractivity contribution in [1.29, 1.82) is 0 Å². The second-order valence-electron chi connectivity index (χ2n) is 3.86. The summed E-state index contributed by atoms with van der Waals surface area (Å²) in [6.45, 7) is 1.48. The first-order chi connectivity index (χ1) is 7.59. The van der Waals surface area contributed by atoms with Gasteiger partial charge in [0.05, 0.1) is 5.56 Å². The van der Waals surface area contributed by atoms with Crippen molar-refractivity contribution in [3.05, 3.63) is 34.9 Å². The van der Waals surface area contributed by atoms with Gasteiger partial charge in [-0.1, -0.05) is 0 Å². The smallest absolute Gasteiger partial charge is 0.338 e. The van der Waals surface area contributed by atoms with Crippen molar-refractivity contribution in [2.24, 2.45) is 0 Å². The first-order valence-electron chi connectivity index (χ1n) is 5.02. The summed E-state index contributed by atoms with van der Waals surface area (Å²) in [6, 6.07) is 2.30. The summed E-state index contributed by atoms with van der Waals surface area (Å²) in [5.41, 5.74) is -0.0526. The number of nitrogens with one attached hydrogen (secondary N) is 1. The van der Waals surface area contributed by atoms with Crippen LogP contribution in [0.15, 0.2) is 12.1 Å². The molecule has 0 aliphatic carbocycles. The standard InChI is InChI=1S/C11H11F2NO2/c12-9-4-7(6-1-2-14-5-6)3-8(10(9)13)11(15)16/h3-4,6,14H,1-2,5H2,(H,15,16). The molecule has 1 saturated heterocycles. The van der Waals surface area contributed by atoms with E-state index in [9.17, 15) is 13.6 Å². The lowest BCUT2D eigenvalue weighted by atomic mass is 9.96. The molecule has 16 heavy (non-hydrogen) atoms. The van der Waals surface area contributed by atoms with E-state index in [4.69, 9.17) is 5.11 Å². The Bertz CT molecular complexity index is 428. The van der Waals surface area contributed by atoms with Crippen LogP contribution in [0.3, 0.4) is 0 Å². The molecule has 1 fully saturated rings. The first-order valence-corrected chi connectivity index (χ1v) is 5.02. The van der Waals surface area contributed by atoms with E-state index >= 15 is 0 Å². The normalized spacial score (nSPS) is 20.0. The van der Waals surface area contributed by atoms with Crippen LogP contribution >= 0.6 is 0 Å². The zero-order chi connectivity index (χ0) is 11.7. The monoisotopic (exact) mass is 227 g/mol. The number of benzene rings is 1. The molecule has 0 bridgehead atoms. The summed E-state index contributed by atoms with van der Waals surface area (Å²) >= 11 is 0. The Morgan fingerprint density at radius 3 is 2.75 bits per heavy atom. The number of hydrogen-bond acceptors (Lipinski definition) is 2. The summed E-state index contributed by atoms with van der Waals surface area (Å²) in [7, 11) is 0. The van der Waals surface area contributed by atoms with Gasteiger partial charge in [-0.25, -0.2) is 13.6 Å². The molecule has 1 aliphatic rings. The van der Waals surface area contributed by atoms with Crippen molar-refractivity contribution in [2.75, 3.05) is 13.1 Å².